The van der Waals surface area contributed by atoms with Crippen LogP contribution in [0.15, 0.2) is 78.9 Å². The number of ether oxygens (including phenoxy) is 2. The molecule has 0 aliphatic heterocycles. The van der Waals surface area contributed by atoms with Crippen LogP contribution in [0.3, 0.4) is 0 Å². The Morgan fingerprint density at radius 2 is 1.67 bits per heavy atom. The summed E-state index contributed by atoms with van der Waals surface area (Å²) in [4.78, 5) is 18.5. The normalized spacial score (nSPS) is 10.5. The van der Waals surface area contributed by atoms with Crippen LogP contribution in [0.2, 0.25) is 0 Å². The summed E-state index contributed by atoms with van der Waals surface area (Å²) in [6, 6.07) is 24.6. The second-order valence-corrected chi connectivity index (χ2v) is 7.45. The standard InChI is InChI=1S/C24H20N2O3S/c1-28-18-12-8-11-17(15-18)25-23(27)22-21(16-9-4-3-5-10-16)26-24(30-22)19-13-6-7-14-20(19)29-2/h3-15H,1-2H3,(H,25,27). The van der Waals surface area contributed by atoms with Crippen molar-refractivity contribution in [1.29, 1.82) is 0 Å². The van der Waals surface area contributed by atoms with E-state index in [1.165, 1.54) is 11.3 Å². The number of anilines is 1. The minimum absolute atomic E-state index is 0.222. The van der Waals surface area contributed by atoms with Crippen LogP contribution < -0.4 is 14.8 Å². The molecular formula is C24H20N2O3S. The van der Waals surface area contributed by atoms with Crippen molar-refractivity contribution in [3.8, 4) is 33.3 Å². The van der Waals surface area contributed by atoms with Crippen LogP contribution in [-0.4, -0.2) is 25.1 Å². The van der Waals surface area contributed by atoms with Gasteiger partial charge in [0.15, 0.2) is 0 Å². The third-order valence-corrected chi connectivity index (χ3v) is 5.63. The molecule has 6 heteroatoms. The molecule has 3 aromatic carbocycles. The van der Waals surface area contributed by atoms with Crippen LogP contribution in [0, 0.1) is 0 Å². The van der Waals surface area contributed by atoms with Gasteiger partial charge >= 0.3 is 0 Å². The zero-order valence-corrected chi connectivity index (χ0v) is 17.4. The maximum atomic E-state index is 13.2. The number of benzene rings is 3. The highest BCUT2D eigenvalue weighted by molar-refractivity contribution is 7.17. The first-order chi connectivity index (χ1) is 14.7. The van der Waals surface area contributed by atoms with E-state index in [0.29, 0.717) is 27.8 Å². The summed E-state index contributed by atoms with van der Waals surface area (Å²) in [5, 5.41) is 3.68. The lowest BCUT2D eigenvalue weighted by Gasteiger charge is -2.07. The zero-order valence-electron chi connectivity index (χ0n) is 16.6. The number of rotatable bonds is 6. The molecule has 4 rings (SSSR count). The number of methoxy groups -OCH3 is 2. The van der Waals surface area contributed by atoms with Gasteiger partial charge in [0.25, 0.3) is 5.91 Å². The summed E-state index contributed by atoms with van der Waals surface area (Å²) in [5.41, 5.74) is 3.03. The maximum Gasteiger partial charge on any atom is 0.268 e. The van der Waals surface area contributed by atoms with Gasteiger partial charge in [-0.1, -0.05) is 48.5 Å². The molecule has 30 heavy (non-hydrogen) atoms. The smallest absolute Gasteiger partial charge is 0.268 e. The Kier molecular flexibility index (Phi) is 5.77. The zero-order chi connectivity index (χ0) is 20.9. The first-order valence-electron chi connectivity index (χ1n) is 9.34. The van der Waals surface area contributed by atoms with Gasteiger partial charge in [-0.15, -0.1) is 11.3 Å². The minimum Gasteiger partial charge on any atom is -0.497 e. The molecule has 1 aromatic heterocycles. The topological polar surface area (TPSA) is 60.5 Å². The molecule has 150 valence electrons. The first kappa shape index (κ1) is 19.7. The van der Waals surface area contributed by atoms with Gasteiger partial charge in [0.1, 0.15) is 21.4 Å². The lowest BCUT2D eigenvalue weighted by atomic mass is 10.1. The van der Waals surface area contributed by atoms with Crippen molar-refractivity contribution in [3.63, 3.8) is 0 Å². The Morgan fingerprint density at radius 3 is 2.43 bits per heavy atom. The maximum absolute atomic E-state index is 13.2. The van der Waals surface area contributed by atoms with E-state index in [1.807, 2.05) is 72.8 Å². The molecule has 1 amide bonds. The molecule has 4 aromatic rings. The highest BCUT2D eigenvalue weighted by atomic mass is 32.1. The van der Waals surface area contributed by atoms with E-state index in [-0.39, 0.29) is 5.91 Å². The van der Waals surface area contributed by atoms with Gasteiger partial charge in [-0.25, -0.2) is 4.98 Å². The lowest BCUT2D eigenvalue weighted by Crippen LogP contribution is -2.11. The molecule has 0 saturated heterocycles. The van der Waals surface area contributed by atoms with Crippen molar-refractivity contribution < 1.29 is 14.3 Å². The number of para-hydroxylation sites is 1. The predicted octanol–water partition coefficient (Wildman–Crippen LogP) is 5.75. The fourth-order valence-corrected chi connectivity index (χ4v) is 4.10. The van der Waals surface area contributed by atoms with Gasteiger partial charge in [0.2, 0.25) is 0 Å². The Labute approximate surface area is 178 Å². The molecule has 0 bridgehead atoms. The Balaban J connectivity index is 1.77. The minimum atomic E-state index is -0.222. The number of carbonyl (C=O) groups excluding carboxylic acids is 1. The quantitative estimate of drug-likeness (QED) is 0.435. The molecule has 0 fully saturated rings. The molecule has 5 nitrogen and oxygen atoms in total. The van der Waals surface area contributed by atoms with Gasteiger partial charge in [-0.3, -0.25) is 4.79 Å². The number of hydrogen-bond acceptors (Lipinski definition) is 5. The van der Waals surface area contributed by atoms with Crippen molar-refractivity contribution in [1.82, 2.24) is 4.98 Å². The number of hydrogen-bond donors (Lipinski definition) is 1. The monoisotopic (exact) mass is 416 g/mol. The van der Waals surface area contributed by atoms with E-state index in [1.54, 1.807) is 20.3 Å². The fraction of sp³-hybridized carbons (Fsp3) is 0.0833. The highest BCUT2D eigenvalue weighted by Gasteiger charge is 2.22. The third-order valence-electron chi connectivity index (χ3n) is 4.55. The lowest BCUT2D eigenvalue weighted by molar-refractivity contribution is 0.103. The average molecular weight is 417 g/mol. The summed E-state index contributed by atoms with van der Waals surface area (Å²) in [6.45, 7) is 0. The van der Waals surface area contributed by atoms with Crippen LogP contribution in [0.5, 0.6) is 11.5 Å². The van der Waals surface area contributed by atoms with Crippen molar-refractivity contribution in [2.45, 2.75) is 0 Å². The number of thiazole rings is 1. The van der Waals surface area contributed by atoms with Crippen LogP contribution in [-0.2, 0) is 0 Å². The largest absolute Gasteiger partial charge is 0.497 e. The van der Waals surface area contributed by atoms with Crippen LogP contribution in [0.4, 0.5) is 5.69 Å². The van der Waals surface area contributed by atoms with Crippen molar-refractivity contribution in [3.05, 3.63) is 83.7 Å². The molecule has 1 heterocycles. The van der Waals surface area contributed by atoms with E-state index in [0.717, 1.165) is 16.1 Å². The van der Waals surface area contributed by atoms with Crippen LogP contribution in [0.25, 0.3) is 21.8 Å². The van der Waals surface area contributed by atoms with Gasteiger partial charge in [-0.2, -0.15) is 0 Å². The summed E-state index contributed by atoms with van der Waals surface area (Å²) < 4.78 is 10.7. The summed E-state index contributed by atoms with van der Waals surface area (Å²) in [6.07, 6.45) is 0. The predicted molar refractivity (Wildman–Crippen MR) is 120 cm³/mol. The third kappa shape index (κ3) is 4.04. The molecule has 0 aliphatic carbocycles. The highest BCUT2D eigenvalue weighted by Crippen LogP contribution is 2.38. The Hall–Kier alpha value is -3.64. The van der Waals surface area contributed by atoms with Crippen molar-refractivity contribution in [2.24, 2.45) is 0 Å². The number of carbonyl (C=O) groups is 1. The second kappa shape index (κ2) is 8.80. The molecule has 0 atom stereocenters. The van der Waals surface area contributed by atoms with Gasteiger partial charge in [-0.05, 0) is 24.3 Å². The molecule has 0 spiro atoms. The molecule has 0 aliphatic rings. The number of nitrogens with one attached hydrogen (secondary N) is 1. The first-order valence-corrected chi connectivity index (χ1v) is 10.2. The molecule has 1 N–H and O–H groups in total. The summed E-state index contributed by atoms with van der Waals surface area (Å²) in [5.74, 6) is 1.17. The number of amides is 1. The molecule has 0 radical (unpaired) electrons. The Bertz CT molecular complexity index is 1170. The molecular weight excluding hydrogens is 396 g/mol. The van der Waals surface area contributed by atoms with E-state index >= 15 is 0 Å². The summed E-state index contributed by atoms with van der Waals surface area (Å²) >= 11 is 1.34. The molecule has 0 unspecified atom stereocenters. The molecule has 0 saturated carbocycles. The summed E-state index contributed by atoms with van der Waals surface area (Å²) in [7, 11) is 3.22. The van der Waals surface area contributed by atoms with Crippen molar-refractivity contribution >= 4 is 22.9 Å². The van der Waals surface area contributed by atoms with E-state index < -0.39 is 0 Å². The van der Waals surface area contributed by atoms with Gasteiger partial charge in [0.05, 0.1) is 25.5 Å². The van der Waals surface area contributed by atoms with Gasteiger partial charge < -0.3 is 14.8 Å². The number of nitrogens with zero attached hydrogens (tertiary/aromatic N) is 1. The van der Waals surface area contributed by atoms with Crippen molar-refractivity contribution in [2.75, 3.05) is 19.5 Å². The average Bonchev–Trinajstić information content (AvgIpc) is 3.25. The fourth-order valence-electron chi connectivity index (χ4n) is 3.09. The van der Waals surface area contributed by atoms with E-state index in [4.69, 9.17) is 14.5 Å². The Morgan fingerprint density at radius 1 is 0.900 bits per heavy atom. The second-order valence-electron chi connectivity index (χ2n) is 6.45. The SMILES string of the molecule is COc1cccc(NC(=O)c2sc(-c3ccccc3OC)nc2-c2ccccc2)c1. The van der Waals surface area contributed by atoms with Crippen LogP contribution >= 0.6 is 11.3 Å². The van der Waals surface area contributed by atoms with E-state index in [9.17, 15) is 4.79 Å². The van der Waals surface area contributed by atoms with Gasteiger partial charge in [0, 0.05) is 17.3 Å². The van der Waals surface area contributed by atoms with E-state index in [2.05, 4.69) is 5.32 Å². The number of aromatic nitrogens is 1. The van der Waals surface area contributed by atoms with Crippen LogP contribution in [0.1, 0.15) is 9.67 Å².